The van der Waals surface area contributed by atoms with Crippen molar-refractivity contribution in [2.75, 3.05) is 5.32 Å². The van der Waals surface area contributed by atoms with Crippen LogP contribution < -0.4 is 5.32 Å². The third kappa shape index (κ3) is 3.22. The molecule has 0 aliphatic rings. The van der Waals surface area contributed by atoms with Gasteiger partial charge in [-0.25, -0.2) is 13.6 Å². The largest absolute Gasteiger partial charge is 0.480 e. The molecule has 1 atom stereocenters. The number of carbonyl (C=O) groups is 2. The second-order valence-electron chi connectivity index (χ2n) is 4.27. The zero-order chi connectivity index (χ0) is 15.6. The molecule has 2 N–H and O–H groups in total. The molecule has 0 saturated carbocycles. The van der Waals surface area contributed by atoms with Crippen molar-refractivity contribution in [3.63, 3.8) is 0 Å². The summed E-state index contributed by atoms with van der Waals surface area (Å²) < 4.78 is 27.3. The molecule has 1 aromatic heterocycles. The van der Waals surface area contributed by atoms with Crippen molar-refractivity contribution in [1.29, 1.82) is 0 Å². The summed E-state index contributed by atoms with van der Waals surface area (Å²) in [6.07, 6.45) is 1.33. The lowest BCUT2D eigenvalue weighted by molar-refractivity contribution is -0.140. The summed E-state index contributed by atoms with van der Waals surface area (Å²) in [7, 11) is 0. The fraction of sp³-hybridized carbons (Fsp3) is 0.154. The van der Waals surface area contributed by atoms with Crippen LogP contribution in [0, 0.1) is 11.6 Å². The molecule has 21 heavy (non-hydrogen) atoms. The smallest absolute Gasteiger partial charge is 0.328 e. The lowest BCUT2D eigenvalue weighted by Crippen LogP contribution is -2.18. The normalized spacial score (nSPS) is 12.0. The topological polar surface area (TPSA) is 84.2 Å². The molecule has 0 radical (unpaired) electrons. The zero-order valence-corrected chi connectivity index (χ0v) is 10.9. The number of nitrogens with one attached hydrogen (secondary N) is 1. The summed E-state index contributed by atoms with van der Waals surface area (Å²) in [5.41, 5.74) is -0.269. The van der Waals surface area contributed by atoms with Gasteiger partial charge in [-0.05, 0) is 25.1 Å². The van der Waals surface area contributed by atoms with Gasteiger partial charge in [-0.1, -0.05) is 0 Å². The highest BCUT2D eigenvalue weighted by Gasteiger charge is 2.17. The molecule has 0 bridgehead atoms. The third-order valence-corrected chi connectivity index (χ3v) is 2.77. The molecule has 2 aromatic rings. The Morgan fingerprint density at radius 3 is 2.67 bits per heavy atom. The van der Waals surface area contributed by atoms with Gasteiger partial charge in [-0.3, -0.25) is 9.48 Å². The first kappa shape index (κ1) is 14.6. The Kier molecular flexibility index (Phi) is 3.97. The number of carboxylic acids is 1. The van der Waals surface area contributed by atoms with Crippen molar-refractivity contribution in [3.05, 3.63) is 47.8 Å². The van der Waals surface area contributed by atoms with Gasteiger partial charge >= 0.3 is 5.97 Å². The minimum atomic E-state index is -1.10. The van der Waals surface area contributed by atoms with Gasteiger partial charge < -0.3 is 10.4 Å². The van der Waals surface area contributed by atoms with Crippen LogP contribution in [-0.2, 0) is 4.79 Å². The van der Waals surface area contributed by atoms with Gasteiger partial charge in [0.1, 0.15) is 17.7 Å². The Morgan fingerprint density at radius 2 is 2.05 bits per heavy atom. The lowest BCUT2D eigenvalue weighted by Gasteiger charge is -2.06. The Morgan fingerprint density at radius 1 is 1.33 bits per heavy atom. The van der Waals surface area contributed by atoms with Gasteiger partial charge in [-0.15, -0.1) is 0 Å². The van der Waals surface area contributed by atoms with Gasteiger partial charge in [0.2, 0.25) is 0 Å². The van der Waals surface area contributed by atoms with Crippen molar-refractivity contribution < 1.29 is 23.5 Å². The van der Waals surface area contributed by atoms with Crippen LogP contribution in [0.4, 0.5) is 14.5 Å². The number of anilines is 1. The van der Waals surface area contributed by atoms with E-state index in [1.165, 1.54) is 19.2 Å². The van der Waals surface area contributed by atoms with E-state index in [1.54, 1.807) is 0 Å². The molecule has 6 nitrogen and oxygen atoms in total. The summed E-state index contributed by atoms with van der Waals surface area (Å²) in [5, 5.41) is 14.9. The number of benzene rings is 1. The van der Waals surface area contributed by atoms with E-state index < -0.39 is 29.6 Å². The number of hydrogen-bond donors (Lipinski definition) is 2. The monoisotopic (exact) mass is 295 g/mol. The molecule has 0 spiro atoms. The maximum Gasteiger partial charge on any atom is 0.328 e. The van der Waals surface area contributed by atoms with Crippen molar-refractivity contribution >= 4 is 17.6 Å². The first-order valence-electron chi connectivity index (χ1n) is 5.93. The van der Waals surface area contributed by atoms with Crippen LogP contribution in [0.3, 0.4) is 0 Å². The molecule has 110 valence electrons. The van der Waals surface area contributed by atoms with Crippen LogP contribution in [0.25, 0.3) is 0 Å². The highest BCUT2D eigenvalue weighted by molar-refractivity contribution is 6.02. The number of halogens is 2. The molecular weight excluding hydrogens is 284 g/mol. The van der Waals surface area contributed by atoms with E-state index in [0.717, 1.165) is 16.8 Å². The van der Waals surface area contributed by atoms with Crippen LogP contribution >= 0.6 is 0 Å². The molecule has 1 unspecified atom stereocenters. The van der Waals surface area contributed by atoms with Gasteiger partial charge in [0.25, 0.3) is 5.91 Å². The van der Waals surface area contributed by atoms with Crippen LogP contribution in [0.1, 0.15) is 23.5 Å². The summed E-state index contributed by atoms with van der Waals surface area (Å²) in [6, 6.07) is 3.09. The van der Waals surface area contributed by atoms with Crippen molar-refractivity contribution in [2.45, 2.75) is 13.0 Å². The Bertz CT molecular complexity index is 700. The van der Waals surface area contributed by atoms with E-state index in [-0.39, 0.29) is 11.4 Å². The Balaban J connectivity index is 2.15. The second kappa shape index (κ2) is 5.70. The summed E-state index contributed by atoms with van der Waals surface area (Å²) >= 11 is 0. The number of rotatable bonds is 4. The van der Waals surface area contributed by atoms with Crippen LogP contribution in [-0.4, -0.2) is 26.8 Å². The maximum atomic E-state index is 13.4. The fourth-order valence-corrected chi connectivity index (χ4v) is 1.57. The summed E-state index contributed by atoms with van der Waals surface area (Å²) in [5.74, 6) is -3.50. The number of amides is 1. The number of carboxylic acid groups (broad SMARTS) is 1. The molecule has 0 aliphatic carbocycles. The predicted molar refractivity (Wildman–Crippen MR) is 68.9 cm³/mol. The predicted octanol–water partition coefficient (Wildman–Crippen LogP) is 2.06. The first-order valence-corrected chi connectivity index (χ1v) is 5.93. The quantitative estimate of drug-likeness (QED) is 0.904. The molecule has 1 heterocycles. The summed E-state index contributed by atoms with van der Waals surface area (Å²) in [6.45, 7) is 1.40. The van der Waals surface area contributed by atoms with E-state index in [9.17, 15) is 18.4 Å². The zero-order valence-electron chi connectivity index (χ0n) is 10.9. The first-order chi connectivity index (χ1) is 9.88. The van der Waals surface area contributed by atoms with E-state index in [2.05, 4.69) is 10.4 Å². The van der Waals surface area contributed by atoms with E-state index in [0.29, 0.717) is 6.07 Å². The average Bonchev–Trinajstić information content (AvgIpc) is 2.90. The highest BCUT2D eigenvalue weighted by Crippen LogP contribution is 2.16. The number of nitrogens with zero attached hydrogens (tertiary/aromatic N) is 2. The summed E-state index contributed by atoms with van der Waals surface area (Å²) in [4.78, 5) is 22.7. The van der Waals surface area contributed by atoms with Gasteiger partial charge in [0, 0.05) is 12.3 Å². The Hall–Kier alpha value is -2.77. The van der Waals surface area contributed by atoms with Crippen LogP contribution in [0.15, 0.2) is 30.5 Å². The Labute approximate surface area is 118 Å². The molecular formula is C13H11F2N3O3. The van der Waals surface area contributed by atoms with Crippen molar-refractivity contribution in [3.8, 4) is 0 Å². The number of hydrogen-bond acceptors (Lipinski definition) is 3. The lowest BCUT2D eigenvalue weighted by atomic mass is 10.3. The second-order valence-corrected chi connectivity index (χ2v) is 4.27. The molecule has 8 heteroatoms. The molecule has 1 aromatic carbocycles. The van der Waals surface area contributed by atoms with Crippen LogP contribution in [0.2, 0.25) is 0 Å². The fourth-order valence-electron chi connectivity index (χ4n) is 1.57. The highest BCUT2D eigenvalue weighted by atomic mass is 19.1. The van der Waals surface area contributed by atoms with Gasteiger partial charge in [-0.2, -0.15) is 5.10 Å². The average molecular weight is 295 g/mol. The third-order valence-electron chi connectivity index (χ3n) is 2.77. The van der Waals surface area contributed by atoms with E-state index in [1.807, 2.05) is 0 Å². The number of carbonyl (C=O) groups excluding carboxylic acids is 1. The molecule has 0 fully saturated rings. The van der Waals surface area contributed by atoms with Crippen molar-refractivity contribution in [1.82, 2.24) is 9.78 Å². The van der Waals surface area contributed by atoms with Crippen LogP contribution in [0.5, 0.6) is 0 Å². The van der Waals surface area contributed by atoms with Gasteiger partial charge in [0.15, 0.2) is 5.69 Å². The van der Waals surface area contributed by atoms with Gasteiger partial charge in [0.05, 0.1) is 5.69 Å². The standard InChI is InChI=1S/C13H11F2N3O3/c1-7(13(20)21)18-5-4-11(17-18)12(19)16-10-3-2-8(14)6-9(10)15/h2-7H,1H3,(H,16,19)(H,20,21). The number of aliphatic carboxylic acids is 1. The van der Waals surface area contributed by atoms with E-state index >= 15 is 0 Å². The van der Waals surface area contributed by atoms with Crippen molar-refractivity contribution in [2.24, 2.45) is 0 Å². The SMILES string of the molecule is CC(C(=O)O)n1ccc(C(=O)Nc2ccc(F)cc2F)n1. The maximum absolute atomic E-state index is 13.4. The minimum absolute atomic E-state index is 0.0770. The number of aromatic nitrogens is 2. The minimum Gasteiger partial charge on any atom is -0.480 e. The molecule has 2 rings (SSSR count). The molecule has 1 amide bonds. The molecule has 0 saturated heterocycles. The molecule has 0 aliphatic heterocycles. The van der Waals surface area contributed by atoms with E-state index in [4.69, 9.17) is 5.11 Å².